The number of likely N-dealkylation sites (tertiary alicyclic amines) is 1. The summed E-state index contributed by atoms with van der Waals surface area (Å²) in [7, 11) is 0. The molecule has 2 unspecified atom stereocenters. The predicted molar refractivity (Wildman–Crippen MR) is 96.6 cm³/mol. The van der Waals surface area contributed by atoms with Crippen molar-refractivity contribution in [2.75, 3.05) is 13.1 Å². The van der Waals surface area contributed by atoms with E-state index in [1.54, 1.807) is 12.1 Å². The molecule has 2 N–H and O–H groups in total. The van der Waals surface area contributed by atoms with Gasteiger partial charge in [0.05, 0.1) is 0 Å². The summed E-state index contributed by atoms with van der Waals surface area (Å²) in [6, 6.07) is 7.07. The van der Waals surface area contributed by atoms with E-state index in [2.05, 4.69) is 0 Å². The van der Waals surface area contributed by atoms with Crippen LogP contribution in [0.15, 0.2) is 24.3 Å². The topological polar surface area (TPSA) is 46.3 Å². The SMILES string of the molecule is Cl.NC1CCCC(C(=O)N2CCC(Cc3cccc(F)c3)CC2)C1. The van der Waals surface area contributed by atoms with Gasteiger partial charge in [0.2, 0.25) is 5.91 Å². The highest BCUT2D eigenvalue weighted by atomic mass is 35.5. The summed E-state index contributed by atoms with van der Waals surface area (Å²) in [5, 5.41) is 0. The van der Waals surface area contributed by atoms with Gasteiger partial charge in [-0.25, -0.2) is 4.39 Å². The van der Waals surface area contributed by atoms with Crippen LogP contribution in [0.1, 0.15) is 44.1 Å². The Labute approximate surface area is 150 Å². The number of rotatable bonds is 3. The third kappa shape index (κ3) is 4.93. The summed E-state index contributed by atoms with van der Waals surface area (Å²) in [6.07, 6.45) is 6.92. The Morgan fingerprint density at radius 2 is 1.96 bits per heavy atom. The van der Waals surface area contributed by atoms with Crippen LogP contribution in [0.4, 0.5) is 4.39 Å². The quantitative estimate of drug-likeness (QED) is 0.902. The monoisotopic (exact) mass is 354 g/mol. The molecule has 1 aliphatic carbocycles. The molecule has 1 amide bonds. The molecular formula is C19H28ClFN2O. The molecule has 24 heavy (non-hydrogen) atoms. The van der Waals surface area contributed by atoms with Crippen molar-refractivity contribution >= 4 is 18.3 Å². The fourth-order valence-electron chi connectivity index (χ4n) is 4.06. The fourth-order valence-corrected chi connectivity index (χ4v) is 4.06. The van der Waals surface area contributed by atoms with Gasteiger partial charge in [0, 0.05) is 25.0 Å². The maximum atomic E-state index is 13.3. The Bertz CT molecular complexity index is 546. The van der Waals surface area contributed by atoms with Gasteiger partial charge in [0.15, 0.2) is 0 Å². The van der Waals surface area contributed by atoms with Gasteiger partial charge in [0.1, 0.15) is 5.82 Å². The van der Waals surface area contributed by atoms with Gasteiger partial charge in [-0.15, -0.1) is 12.4 Å². The van der Waals surface area contributed by atoms with E-state index >= 15 is 0 Å². The average Bonchev–Trinajstić information content (AvgIpc) is 2.55. The number of halogens is 2. The summed E-state index contributed by atoms with van der Waals surface area (Å²) >= 11 is 0. The number of carbonyl (C=O) groups excluding carboxylic acids is 1. The van der Waals surface area contributed by atoms with Crippen LogP contribution < -0.4 is 5.73 Å². The lowest BCUT2D eigenvalue weighted by Gasteiger charge is -2.36. The lowest BCUT2D eigenvalue weighted by molar-refractivity contribution is -0.138. The second-order valence-electron chi connectivity index (χ2n) is 7.23. The van der Waals surface area contributed by atoms with Crippen molar-refractivity contribution in [3.05, 3.63) is 35.6 Å². The van der Waals surface area contributed by atoms with E-state index in [9.17, 15) is 9.18 Å². The number of nitrogens with zero attached hydrogens (tertiary/aromatic N) is 1. The van der Waals surface area contributed by atoms with Gasteiger partial charge in [0.25, 0.3) is 0 Å². The molecule has 3 nitrogen and oxygen atoms in total. The zero-order chi connectivity index (χ0) is 16.2. The molecular weight excluding hydrogens is 327 g/mol. The molecule has 2 aliphatic rings. The maximum Gasteiger partial charge on any atom is 0.225 e. The van der Waals surface area contributed by atoms with Crippen LogP contribution in [0.25, 0.3) is 0 Å². The van der Waals surface area contributed by atoms with E-state index in [1.165, 1.54) is 6.07 Å². The van der Waals surface area contributed by atoms with Crippen LogP contribution in [-0.2, 0) is 11.2 Å². The summed E-state index contributed by atoms with van der Waals surface area (Å²) in [6.45, 7) is 1.68. The lowest BCUT2D eigenvalue weighted by Crippen LogP contribution is -2.44. The van der Waals surface area contributed by atoms with Gasteiger partial charge in [-0.3, -0.25) is 4.79 Å². The molecule has 1 aromatic carbocycles. The molecule has 2 atom stereocenters. The zero-order valence-electron chi connectivity index (χ0n) is 14.1. The Morgan fingerprint density at radius 3 is 2.62 bits per heavy atom. The van der Waals surface area contributed by atoms with Crippen molar-refractivity contribution in [2.45, 2.75) is 51.0 Å². The summed E-state index contributed by atoms with van der Waals surface area (Å²) in [4.78, 5) is 14.7. The molecule has 1 heterocycles. The number of amides is 1. The Morgan fingerprint density at radius 1 is 1.21 bits per heavy atom. The van der Waals surface area contributed by atoms with Gasteiger partial charge in [-0.2, -0.15) is 0 Å². The van der Waals surface area contributed by atoms with E-state index < -0.39 is 0 Å². The first-order valence-corrected chi connectivity index (χ1v) is 8.90. The number of nitrogens with two attached hydrogens (primary N) is 1. The average molecular weight is 355 g/mol. The minimum Gasteiger partial charge on any atom is -0.342 e. The molecule has 0 aromatic heterocycles. The Balaban J connectivity index is 0.00000208. The van der Waals surface area contributed by atoms with E-state index in [4.69, 9.17) is 5.73 Å². The fraction of sp³-hybridized carbons (Fsp3) is 0.632. The van der Waals surface area contributed by atoms with Crippen molar-refractivity contribution < 1.29 is 9.18 Å². The molecule has 0 radical (unpaired) electrons. The minimum absolute atomic E-state index is 0. The van der Waals surface area contributed by atoms with Gasteiger partial charge in [-0.1, -0.05) is 18.6 Å². The molecule has 0 bridgehead atoms. The van der Waals surface area contributed by atoms with E-state index in [0.29, 0.717) is 11.8 Å². The van der Waals surface area contributed by atoms with Gasteiger partial charge < -0.3 is 10.6 Å². The van der Waals surface area contributed by atoms with Crippen LogP contribution >= 0.6 is 12.4 Å². The summed E-state index contributed by atoms with van der Waals surface area (Å²) < 4.78 is 13.3. The zero-order valence-corrected chi connectivity index (χ0v) is 14.9. The highest BCUT2D eigenvalue weighted by Gasteiger charge is 2.31. The third-order valence-electron chi connectivity index (χ3n) is 5.40. The van der Waals surface area contributed by atoms with Crippen molar-refractivity contribution in [3.8, 4) is 0 Å². The second kappa shape index (κ2) is 8.82. The molecule has 1 aliphatic heterocycles. The molecule has 1 saturated heterocycles. The van der Waals surface area contributed by atoms with Crippen LogP contribution in [0.3, 0.4) is 0 Å². The molecule has 1 aromatic rings. The normalized spacial score (nSPS) is 25.2. The minimum atomic E-state index is -0.163. The maximum absolute atomic E-state index is 13.3. The van der Waals surface area contributed by atoms with E-state index in [0.717, 1.165) is 63.6 Å². The Hall–Kier alpha value is -1.13. The van der Waals surface area contributed by atoms with E-state index in [1.807, 2.05) is 11.0 Å². The number of hydrogen-bond acceptors (Lipinski definition) is 2. The molecule has 1 saturated carbocycles. The number of piperidine rings is 1. The highest BCUT2D eigenvalue weighted by molar-refractivity contribution is 5.85. The van der Waals surface area contributed by atoms with E-state index in [-0.39, 0.29) is 30.2 Å². The molecule has 5 heteroatoms. The summed E-state index contributed by atoms with van der Waals surface area (Å²) in [5.74, 6) is 0.834. The smallest absolute Gasteiger partial charge is 0.225 e. The molecule has 0 spiro atoms. The van der Waals surface area contributed by atoms with Gasteiger partial charge >= 0.3 is 0 Å². The first-order chi connectivity index (χ1) is 11.1. The molecule has 3 rings (SSSR count). The van der Waals surface area contributed by atoms with Crippen molar-refractivity contribution in [1.82, 2.24) is 4.90 Å². The number of hydrogen-bond donors (Lipinski definition) is 1. The largest absolute Gasteiger partial charge is 0.342 e. The second-order valence-corrected chi connectivity index (χ2v) is 7.23. The van der Waals surface area contributed by atoms with Crippen LogP contribution in [-0.4, -0.2) is 29.9 Å². The van der Waals surface area contributed by atoms with Crippen LogP contribution in [0, 0.1) is 17.7 Å². The van der Waals surface area contributed by atoms with Crippen molar-refractivity contribution in [2.24, 2.45) is 17.6 Å². The lowest BCUT2D eigenvalue weighted by atomic mass is 9.84. The summed E-state index contributed by atoms with van der Waals surface area (Å²) in [5.41, 5.74) is 7.07. The third-order valence-corrected chi connectivity index (χ3v) is 5.40. The molecule has 2 fully saturated rings. The van der Waals surface area contributed by atoms with Crippen LogP contribution in [0.5, 0.6) is 0 Å². The molecule has 134 valence electrons. The standard InChI is InChI=1S/C19H27FN2O.ClH/c20-17-5-1-3-15(12-17)11-14-7-9-22(10-8-14)19(23)16-4-2-6-18(21)13-16;/h1,3,5,12,14,16,18H,2,4,6-11,13,21H2;1H. The van der Waals surface area contributed by atoms with Gasteiger partial charge in [-0.05, 0) is 62.1 Å². The number of carbonyl (C=O) groups is 1. The van der Waals surface area contributed by atoms with Crippen LogP contribution in [0.2, 0.25) is 0 Å². The van der Waals surface area contributed by atoms with Crippen molar-refractivity contribution in [1.29, 1.82) is 0 Å². The number of benzene rings is 1. The van der Waals surface area contributed by atoms with Crippen molar-refractivity contribution in [3.63, 3.8) is 0 Å². The highest BCUT2D eigenvalue weighted by Crippen LogP contribution is 2.28. The Kier molecular flexibility index (Phi) is 7.05. The first kappa shape index (κ1) is 19.2. The first-order valence-electron chi connectivity index (χ1n) is 8.90. The predicted octanol–water partition coefficient (Wildman–Crippen LogP) is 3.55.